The molecule has 0 amide bonds. The smallest absolute Gasteiger partial charge is 0.00860 e. The maximum absolute atomic E-state index is 5.03. The van der Waals surface area contributed by atoms with Crippen LogP contribution < -0.4 is 0 Å². The van der Waals surface area contributed by atoms with Crippen molar-refractivity contribution >= 4 is 12.6 Å². The summed E-state index contributed by atoms with van der Waals surface area (Å²) in [5, 5.41) is 0. The lowest BCUT2D eigenvalue weighted by molar-refractivity contribution is 0.744. The molecule has 0 fully saturated rings. The first-order valence-electron chi connectivity index (χ1n) is 2.93. The number of hydrogen-bond acceptors (Lipinski definition) is 0. The summed E-state index contributed by atoms with van der Waals surface area (Å²) in [4.78, 5) is 0. The summed E-state index contributed by atoms with van der Waals surface area (Å²) in [6.07, 6.45) is 9.44. The highest BCUT2D eigenvalue weighted by Crippen LogP contribution is 1.98. The van der Waals surface area contributed by atoms with Crippen LogP contribution in [0, 0.1) is 12.3 Å². The Hall–Kier alpha value is -0.0900. The van der Waals surface area contributed by atoms with Gasteiger partial charge in [0, 0.05) is 12.2 Å². The molecule has 0 aromatic heterocycles. The van der Waals surface area contributed by atoms with E-state index in [1.807, 2.05) is 0 Å². The molecule has 0 unspecified atom stereocenters. The molecule has 0 aliphatic rings. The van der Waals surface area contributed by atoms with Crippen molar-refractivity contribution in [2.45, 2.75) is 25.7 Å². The minimum Gasteiger partial charge on any atom is -0.120 e. The summed E-state index contributed by atoms with van der Waals surface area (Å²) in [7, 11) is 0. The highest BCUT2D eigenvalue weighted by molar-refractivity contribution is 7.80. The van der Waals surface area contributed by atoms with Crippen LogP contribution in [0.3, 0.4) is 0 Å². The fourth-order valence-corrected chi connectivity index (χ4v) is 0.710. The van der Waals surface area contributed by atoms with Gasteiger partial charge in [0.25, 0.3) is 0 Å². The number of unbranched alkanes of at least 4 members (excludes halogenated alkanes) is 3. The van der Waals surface area contributed by atoms with E-state index in [0.29, 0.717) is 0 Å². The molecule has 0 aliphatic carbocycles. The fraction of sp³-hybridized carbons (Fsp3) is 0.714. The molecule has 0 nitrogen and oxygen atoms in total. The van der Waals surface area contributed by atoms with Gasteiger partial charge in [-0.15, -0.1) is 12.3 Å². The quantitative estimate of drug-likeness (QED) is 0.402. The van der Waals surface area contributed by atoms with E-state index in [1.165, 1.54) is 6.42 Å². The summed E-state index contributed by atoms with van der Waals surface area (Å²) in [6.45, 7) is 0. The monoisotopic (exact) mass is 127 g/mol. The Kier molecular flexibility index (Phi) is 6.83. The third-order valence-electron chi connectivity index (χ3n) is 0.965. The van der Waals surface area contributed by atoms with Crippen LogP contribution in [0.1, 0.15) is 25.7 Å². The van der Waals surface area contributed by atoms with Crippen molar-refractivity contribution in [2.24, 2.45) is 0 Å². The lowest BCUT2D eigenvalue weighted by Gasteiger charge is -1.89. The SMILES string of the molecule is C#CCCCCC[S]. The summed E-state index contributed by atoms with van der Waals surface area (Å²) in [5.74, 6) is 3.47. The van der Waals surface area contributed by atoms with E-state index >= 15 is 0 Å². The summed E-state index contributed by atoms with van der Waals surface area (Å²) < 4.78 is 0. The topological polar surface area (TPSA) is 0 Å². The second-order valence-electron chi connectivity index (χ2n) is 1.72. The molecule has 0 atom stereocenters. The van der Waals surface area contributed by atoms with Crippen LogP contribution in [0.15, 0.2) is 0 Å². The second-order valence-corrected chi connectivity index (χ2v) is 2.13. The van der Waals surface area contributed by atoms with Gasteiger partial charge in [0.2, 0.25) is 0 Å². The van der Waals surface area contributed by atoms with Gasteiger partial charge in [-0.2, -0.15) is 0 Å². The molecule has 0 aromatic rings. The van der Waals surface area contributed by atoms with Crippen molar-refractivity contribution in [1.82, 2.24) is 0 Å². The largest absolute Gasteiger partial charge is 0.120 e. The lowest BCUT2D eigenvalue weighted by Crippen LogP contribution is -1.75. The molecule has 0 saturated carbocycles. The van der Waals surface area contributed by atoms with Crippen LogP contribution in [0.25, 0.3) is 0 Å². The Bertz CT molecular complexity index is 70.9. The molecule has 1 heteroatoms. The van der Waals surface area contributed by atoms with Crippen molar-refractivity contribution in [3.8, 4) is 12.3 Å². The maximum atomic E-state index is 5.03. The average Bonchev–Trinajstić information content (AvgIpc) is 1.81. The Morgan fingerprint density at radius 3 is 2.50 bits per heavy atom. The highest BCUT2D eigenvalue weighted by atomic mass is 32.1. The highest BCUT2D eigenvalue weighted by Gasteiger charge is 1.82. The molecule has 0 heterocycles. The minimum absolute atomic E-state index is 0.880. The molecule has 45 valence electrons. The molecule has 0 N–H and O–H groups in total. The first-order chi connectivity index (χ1) is 3.91. The van der Waals surface area contributed by atoms with Crippen molar-refractivity contribution < 1.29 is 0 Å². The fourth-order valence-electron chi connectivity index (χ4n) is 0.506. The van der Waals surface area contributed by atoms with Gasteiger partial charge in [-0.25, -0.2) is 0 Å². The molecule has 0 aliphatic heterocycles. The Morgan fingerprint density at radius 1 is 1.25 bits per heavy atom. The molecule has 0 bridgehead atoms. The zero-order chi connectivity index (χ0) is 6.24. The van der Waals surface area contributed by atoms with Gasteiger partial charge in [-0.1, -0.05) is 19.0 Å². The van der Waals surface area contributed by atoms with Crippen LogP contribution in [-0.4, -0.2) is 5.75 Å². The van der Waals surface area contributed by atoms with Gasteiger partial charge in [-0.05, 0) is 12.8 Å². The number of rotatable bonds is 4. The van der Waals surface area contributed by atoms with E-state index in [1.54, 1.807) is 0 Å². The molecule has 0 aromatic carbocycles. The van der Waals surface area contributed by atoms with Crippen molar-refractivity contribution in [2.75, 3.05) is 5.75 Å². The van der Waals surface area contributed by atoms with Gasteiger partial charge < -0.3 is 0 Å². The maximum Gasteiger partial charge on any atom is 0.00860 e. The number of hydrogen-bond donors (Lipinski definition) is 0. The van der Waals surface area contributed by atoms with Gasteiger partial charge in [-0.3, -0.25) is 0 Å². The van der Waals surface area contributed by atoms with Gasteiger partial charge >= 0.3 is 0 Å². The van der Waals surface area contributed by atoms with Crippen LogP contribution in [-0.2, 0) is 0 Å². The first-order valence-corrected chi connectivity index (χ1v) is 3.51. The van der Waals surface area contributed by atoms with Crippen molar-refractivity contribution in [3.63, 3.8) is 0 Å². The summed E-state index contributed by atoms with van der Waals surface area (Å²) >= 11 is 4.75. The first kappa shape index (κ1) is 7.91. The molecule has 0 saturated heterocycles. The standard InChI is InChI=1S/C7H11S/c1-2-3-4-5-6-7-8/h1H,3-7H2. The van der Waals surface area contributed by atoms with Crippen LogP contribution in [0.5, 0.6) is 0 Å². The third-order valence-corrected chi connectivity index (χ3v) is 1.25. The summed E-state index contributed by atoms with van der Waals surface area (Å²) in [5.41, 5.74) is 0. The van der Waals surface area contributed by atoms with E-state index in [4.69, 9.17) is 19.1 Å². The predicted molar refractivity (Wildman–Crippen MR) is 39.8 cm³/mol. The number of terminal acetylenes is 1. The van der Waals surface area contributed by atoms with Crippen molar-refractivity contribution in [1.29, 1.82) is 0 Å². The Labute approximate surface area is 57.1 Å². The van der Waals surface area contributed by atoms with Crippen molar-refractivity contribution in [3.05, 3.63) is 0 Å². The normalized spacial score (nSPS) is 8.50. The molecular formula is C7H11S. The van der Waals surface area contributed by atoms with E-state index in [0.717, 1.165) is 25.0 Å². The van der Waals surface area contributed by atoms with Gasteiger partial charge in [0.1, 0.15) is 0 Å². The minimum atomic E-state index is 0.880. The summed E-state index contributed by atoms with van der Waals surface area (Å²) in [6, 6.07) is 0. The molecule has 1 radical (unpaired) electrons. The zero-order valence-corrected chi connectivity index (χ0v) is 5.84. The molecular weight excluding hydrogens is 116 g/mol. The van der Waals surface area contributed by atoms with E-state index in [-0.39, 0.29) is 0 Å². The Balaban J connectivity index is 2.65. The van der Waals surface area contributed by atoms with Crippen LogP contribution >= 0.6 is 12.6 Å². The zero-order valence-electron chi connectivity index (χ0n) is 5.02. The molecule has 0 rings (SSSR count). The predicted octanol–water partition coefficient (Wildman–Crippen LogP) is 2.38. The molecule has 8 heavy (non-hydrogen) atoms. The van der Waals surface area contributed by atoms with Gasteiger partial charge in [0.05, 0.1) is 0 Å². The third kappa shape index (κ3) is 5.91. The Morgan fingerprint density at radius 2 is 2.00 bits per heavy atom. The second kappa shape index (κ2) is 6.91. The van der Waals surface area contributed by atoms with E-state index in [2.05, 4.69) is 5.92 Å². The van der Waals surface area contributed by atoms with Gasteiger partial charge in [0.15, 0.2) is 0 Å². The average molecular weight is 127 g/mol. The van der Waals surface area contributed by atoms with Crippen LogP contribution in [0.2, 0.25) is 0 Å². The van der Waals surface area contributed by atoms with Crippen LogP contribution in [0.4, 0.5) is 0 Å². The van der Waals surface area contributed by atoms with E-state index < -0.39 is 0 Å². The molecule has 0 spiro atoms. The van der Waals surface area contributed by atoms with E-state index in [9.17, 15) is 0 Å². The lowest BCUT2D eigenvalue weighted by atomic mass is 10.2.